The summed E-state index contributed by atoms with van der Waals surface area (Å²) in [5.41, 5.74) is 2.39. The number of nitro benzene ring substituents is 1. The minimum Gasteiger partial charge on any atom is -0.507 e. The van der Waals surface area contributed by atoms with Crippen LogP contribution in [0.15, 0.2) is 78.6 Å². The first-order valence-electron chi connectivity index (χ1n) is 9.85. The van der Waals surface area contributed by atoms with Crippen LogP contribution in [0.4, 0.5) is 5.69 Å². The van der Waals surface area contributed by atoms with Gasteiger partial charge in [-0.2, -0.15) is 0 Å². The second-order valence-corrected chi connectivity index (χ2v) is 7.50. The van der Waals surface area contributed by atoms with Crippen LogP contribution in [0.5, 0.6) is 0 Å². The number of ketones is 1. The van der Waals surface area contributed by atoms with Crippen LogP contribution < -0.4 is 0 Å². The molecule has 1 atom stereocenters. The van der Waals surface area contributed by atoms with Crippen molar-refractivity contribution in [2.45, 2.75) is 19.5 Å². The Hall–Kier alpha value is -4.33. The average molecular weight is 429 g/mol. The summed E-state index contributed by atoms with van der Waals surface area (Å²) < 4.78 is 0. The smallest absolute Gasteiger partial charge is 0.295 e. The van der Waals surface area contributed by atoms with Gasteiger partial charge in [0.2, 0.25) is 0 Å². The van der Waals surface area contributed by atoms with Crippen LogP contribution in [0.2, 0.25) is 0 Å². The van der Waals surface area contributed by atoms with Crippen molar-refractivity contribution in [1.82, 2.24) is 9.88 Å². The molecule has 1 fully saturated rings. The monoisotopic (exact) mass is 429 g/mol. The first kappa shape index (κ1) is 20.9. The molecule has 8 heteroatoms. The number of amides is 1. The number of Topliss-reactive ketones (excluding diaryl/α,β-unsaturated/α-hetero) is 1. The van der Waals surface area contributed by atoms with E-state index in [0.29, 0.717) is 16.7 Å². The normalized spacial score (nSPS) is 17.5. The average Bonchev–Trinajstić information content (AvgIpc) is 3.05. The molecule has 2 aromatic carbocycles. The summed E-state index contributed by atoms with van der Waals surface area (Å²) in [4.78, 5) is 41.9. The van der Waals surface area contributed by atoms with Crippen LogP contribution in [0.1, 0.15) is 28.3 Å². The van der Waals surface area contributed by atoms with Gasteiger partial charge in [0.1, 0.15) is 5.76 Å². The van der Waals surface area contributed by atoms with Gasteiger partial charge in [-0.05, 0) is 36.2 Å². The zero-order valence-corrected chi connectivity index (χ0v) is 17.1. The van der Waals surface area contributed by atoms with E-state index in [2.05, 4.69) is 4.98 Å². The van der Waals surface area contributed by atoms with Crippen molar-refractivity contribution < 1.29 is 19.6 Å². The number of aliphatic hydroxyl groups is 1. The van der Waals surface area contributed by atoms with Gasteiger partial charge in [-0.15, -0.1) is 0 Å². The molecule has 0 aliphatic carbocycles. The molecule has 8 nitrogen and oxygen atoms in total. The number of pyridine rings is 1. The summed E-state index contributed by atoms with van der Waals surface area (Å²) in [5, 5.41) is 22.1. The van der Waals surface area contributed by atoms with E-state index in [4.69, 9.17) is 0 Å². The highest BCUT2D eigenvalue weighted by atomic mass is 16.6. The first-order chi connectivity index (χ1) is 15.4. The number of nitrogens with zero attached hydrogens (tertiary/aromatic N) is 3. The van der Waals surface area contributed by atoms with E-state index in [1.54, 1.807) is 48.8 Å². The fourth-order valence-electron chi connectivity index (χ4n) is 3.72. The number of carbonyl (C=O) groups excluding carboxylic acids is 2. The fraction of sp³-hybridized carbons (Fsp3) is 0.125. The number of likely N-dealkylation sites (tertiary alicyclic amines) is 1. The maximum Gasteiger partial charge on any atom is 0.295 e. The highest BCUT2D eigenvalue weighted by Gasteiger charge is 2.46. The number of carbonyl (C=O) groups is 2. The Morgan fingerprint density at radius 1 is 1.09 bits per heavy atom. The lowest BCUT2D eigenvalue weighted by molar-refractivity contribution is -0.384. The summed E-state index contributed by atoms with van der Waals surface area (Å²) in [6.45, 7) is 1.98. The van der Waals surface area contributed by atoms with E-state index >= 15 is 0 Å². The summed E-state index contributed by atoms with van der Waals surface area (Å²) in [7, 11) is 0. The quantitative estimate of drug-likeness (QED) is 0.216. The van der Waals surface area contributed by atoms with Crippen molar-refractivity contribution in [1.29, 1.82) is 0 Å². The number of hydrogen-bond acceptors (Lipinski definition) is 6. The standard InChI is InChI=1S/C24H19N3O5/c1-15-4-6-18(7-5-15)22(28)20-21(17-8-10-19(11-9-17)27(31)32)26(24(30)23(20)29)14-16-3-2-12-25-13-16/h2-13,21,28H,14H2,1H3/b22-20-. The van der Waals surface area contributed by atoms with Crippen molar-refractivity contribution in [3.05, 3.63) is 111 Å². The fourth-order valence-corrected chi connectivity index (χ4v) is 3.72. The van der Waals surface area contributed by atoms with Gasteiger partial charge >= 0.3 is 0 Å². The van der Waals surface area contributed by atoms with Crippen molar-refractivity contribution in [3.8, 4) is 0 Å². The van der Waals surface area contributed by atoms with Gasteiger partial charge in [-0.3, -0.25) is 24.7 Å². The molecule has 4 rings (SSSR count). The van der Waals surface area contributed by atoms with Crippen molar-refractivity contribution in [3.63, 3.8) is 0 Å². The van der Waals surface area contributed by atoms with E-state index in [1.807, 2.05) is 6.92 Å². The van der Waals surface area contributed by atoms with Gasteiger partial charge in [0, 0.05) is 36.6 Å². The van der Waals surface area contributed by atoms with Crippen LogP contribution in [-0.2, 0) is 16.1 Å². The van der Waals surface area contributed by atoms with Gasteiger partial charge in [-0.25, -0.2) is 0 Å². The molecule has 1 unspecified atom stereocenters. The topological polar surface area (TPSA) is 114 Å². The molecule has 0 saturated carbocycles. The molecular weight excluding hydrogens is 410 g/mol. The molecule has 1 saturated heterocycles. The van der Waals surface area contributed by atoms with Gasteiger partial charge in [0.15, 0.2) is 0 Å². The molecule has 32 heavy (non-hydrogen) atoms. The van der Waals surface area contributed by atoms with Gasteiger partial charge in [0.05, 0.1) is 16.5 Å². The molecule has 1 aromatic heterocycles. The molecule has 1 amide bonds. The SMILES string of the molecule is Cc1ccc(/C(O)=C2/C(=O)C(=O)N(Cc3cccnc3)C2c2ccc([N+](=O)[O-])cc2)cc1. The minimum absolute atomic E-state index is 0.0587. The molecule has 160 valence electrons. The van der Waals surface area contributed by atoms with E-state index in [1.165, 1.54) is 29.2 Å². The largest absolute Gasteiger partial charge is 0.507 e. The van der Waals surface area contributed by atoms with Crippen molar-refractivity contribution >= 4 is 23.1 Å². The lowest BCUT2D eigenvalue weighted by atomic mass is 9.95. The predicted octanol–water partition coefficient (Wildman–Crippen LogP) is 3.92. The van der Waals surface area contributed by atoms with Crippen LogP contribution in [0, 0.1) is 17.0 Å². The molecule has 2 heterocycles. The molecule has 1 aliphatic heterocycles. The second kappa shape index (κ2) is 8.43. The molecule has 0 bridgehead atoms. The van der Waals surface area contributed by atoms with Gasteiger partial charge in [0.25, 0.3) is 17.4 Å². The molecule has 1 aliphatic rings. The number of rotatable bonds is 5. The number of aliphatic hydroxyl groups excluding tert-OH is 1. The van der Waals surface area contributed by atoms with E-state index < -0.39 is 22.7 Å². The predicted molar refractivity (Wildman–Crippen MR) is 116 cm³/mol. The van der Waals surface area contributed by atoms with Crippen LogP contribution in [0.3, 0.4) is 0 Å². The third kappa shape index (κ3) is 3.85. The minimum atomic E-state index is -0.905. The Morgan fingerprint density at radius 2 is 1.78 bits per heavy atom. The number of aryl methyl sites for hydroxylation is 1. The zero-order chi connectivity index (χ0) is 22.8. The molecule has 3 aromatic rings. The Kier molecular flexibility index (Phi) is 5.51. The van der Waals surface area contributed by atoms with E-state index in [9.17, 15) is 24.8 Å². The molecule has 0 radical (unpaired) electrons. The number of nitro groups is 1. The second-order valence-electron chi connectivity index (χ2n) is 7.50. The van der Waals surface area contributed by atoms with Crippen LogP contribution in [-0.4, -0.2) is 31.6 Å². The third-order valence-corrected chi connectivity index (χ3v) is 5.36. The third-order valence-electron chi connectivity index (χ3n) is 5.36. The first-order valence-corrected chi connectivity index (χ1v) is 9.85. The molecule has 1 N–H and O–H groups in total. The van der Waals surface area contributed by atoms with Crippen molar-refractivity contribution in [2.24, 2.45) is 0 Å². The lowest BCUT2D eigenvalue weighted by Gasteiger charge is -2.25. The lowest BCUT2D eigenvalue weighted by Crippen LogP contribution is -2.29. The number of hydrogen-bond donors (Lipinski definition) is 1. The number of aromatic nitrogens is 1. The summed E-state index contributed by atoms with van der Waals surface area (Å²) in [6, 6.07) is 15.1. The Morgan fingerprint density at radius 3 is 2.38 bits per heavy atom. The van der Waals surface area contributed by atoms with Crippen LogP contribution >= 0.6 is 0 Å². The Bertz CT molecular complexity index is 1220. The van der Waals surface area contributed by atoms with E-state index in [0.717, 1.165) is 5.56 Å². The van der Waals surface area contributed by atoms with Gasteiger partial charge in [-0.1, -0.05) is 35.9 Å². The Labute approximate surface area is 183 Å². The van der Waals surface area contributed by atoms with Crippen LogP contribution in [0.25, 0.3) is 5.76 Å². The number of benzene rings is 2. The summed E-state index contributed by atoms with van der Waals surface area (Å²) in [6.07, 6.45) is 3.19. The zero-order valence-electron chi connectivity index (χ0n) is 17.1. The summed E-state index contributed by atoms with van der Waals surface area (Å²) >= 11 is 0. The summed E-state index contributed by atoms with van der Waals surface area (Å²) in [5.74, 6) is -1.86. The number of non-ortho nitro benzene ring substituents is 1. The Balaban J connectivity index is 1.85. The highest BCUT2D eigenvalue weighted by molar-refractivity contribution is 6.46. The maximum absolute atomic E-state index is 13.0. The highest BCUT2D eigenvalue weighted by Crippen LogP contribution is 2.40. The molecular formula is C24H19N3O5. The van der Waals surface area contributed by atoms with Crippen molar-refractivity contribution in [2.75, 3.05) is 0 Å². The van der Waals surface area contributed by atoms with Gasteiger partial charge < -0.3 is 10.0 Å². The maximum atomic E-state index is 13.0. The molecule has 0 spiro atoms. The van der Waals surface area contributed by atoms with E-state index in [-0.39, 0.29) is 23.6 Å².